The Hall–Kier alpha value is -2.57. The largest absolute Gasteiger partial charge is 0.494 e. The van der Waals surface area contributed by atoms with E-state index in [1.165, 1.54) is 24.9 Å². The molecule has 5 nitrogen and oxygen atoms in total. The maximum atomic E-state index is 12.8. The first kappa shape index (κ1) is 14.8. The Morgan fingerprint density at radius 1 is 1.33 bits per heavy atom. The minimum Gasteiger partial charge on any atom is -0.494 e. The third-order valence-corrected chi connectivity index (χ3v) is 3.01. The highest BCUT2D eigenvalue weighted by atomic mass is 19.3. The maximum absolute atomic E-state index is 12.8. The number of methoxy groups -OCH3 is 1. The van der Waals surface area contributed by atoms with E-state index >= 15 is 0 Å². The van der Waals surface area contributed by atoms with Crippen molar-refractivity contribution in [2.75, 3.05) is 7.11 Å². The minimum absolute atomic E-state index is 0.0998. The van der Waals surface area contributed by atoms with Gasteiger partial charge in [0, 0.05) is 36.0 Å². The average molecular weight is 294 g/mol. The van der Waals surface area contributed by atoms with Crippen LogP contribution < -0.4 is 10.3 Å². The van der Waals surface area contributed by atoms with Crippen molar-refractivity contribution in [2.45, 2.75) is 6.43 Å². The lowest BCUT2D eigenvalue weighted by Crippen LogP contribution is -2.16. The number of pyridine rings is 2. The van der Waals surface area contributed by atoms with Crippen LogP contribution >= 0.6 is 0 Å². The molecule has 7 heteroatoms. The number of alkyl halides is 2. The molecule has 0 atom stereocenters. The Bertz CT molecular complexity index is 741. The van der Waals surface area contributed by atoms with Gasteiger partial charge in [0.25, 0.3) is 12.0 Å². The van der Waals surface area contributed by atoms with Crippen LogP contribution in [0.4, 0.5) is 8.78 Å². The molecule has 21 heavy (non-hydrogen) atoms. The number of nitrogens with zero attached hydrogens (tertiary/aromatic N) is 2. The van der Waals surface area contributed by atoms with Crippen LogP contribution in [0.3, 0.4) is 0 Å². The van der Waals surface area contributed by atoms with E-state index in [1.54, 1.807) is 0 Å². The first-order chi connectivity index (χ1) is 9.97. The fourth-order valence-corrected chi connectivity index (χ4v) is 1.92. The van der Waals surface area contributed by atoms with E-state index in [2.05, 4.69) is 4.98 Å². The molecule has 0 bridgehead atoms. The zero-order chi connectivity index (χ0) is 15.6. The van der Waals surface area contributed by atoms with Gasteiger partial charge in [0.2, 0.25) is 0 Å². The van der Waals surface area contributed by atoms with Crippen LogP contribution in [-0.4, -0.2) is 22.9 Å². The molecule has 2 rings (SSSR count). The molecule has 2 aromatic heterocycles. The molecule has 0 unspecified atom stereocenters. The molecule has 2 aromatic rings. The number of rotatable bonds is 4. The van der Waals surface area contributed by atoms with E-state index in [-0.39, 0.29) is 22.4 Å². The molecule has 0 saturated heterocycles. The molecule has 0 aliphatic heterocycles. The SMILES string of the molecule is COc1cnc(C(F)F)cc1-c1cn(C)c(=O)cc1C=O. The van der Waals surface area contributed by atoms with E-state index < -0.39 is 12.1 Å². The van der Waals surface area contributed by atoms with Crippen LogP contribution in [0, 0.1) is 0 Å². The number of halogens is 2. The van der Waals surface area contributed by atoms with Crippen molar-refractivity contribution in [3.63, 3.8) is 0 Å². The van der Waals surface area contributed by atoms with E-state index in [1.807, 2.05) is 0 Å². The summed E-state index contributed by atoms with van der Waals surface area (Å²) in [5.41, 5.74) is -0.101. The van der Waals surface area contributed by atoms with E-state index in [9.17, 15) is 18.4 Å². The molecule has 0 saturated carbocycles. The van der Waals surface area contributed by atoms with Gasteiger partial charge in [-0.15, -0.1) is 0 Å². The summed E-state index contributed by atoms with van der Waals surface area (Å²) in [5.74, 6) is 0.237. The van der Waals surface area contributed by atoms with Gasteiger partial charge in [0.15, 0.2) is 6.29 Å². The Kier molecular flexibility index (Phi) is 4.11. The van der Waals surface area contributed by atoms with Gasteiger partial charge in [-0.25, -0.2) is 8.78 Å². The van der Waals surface area contributed by atoms with Crippen LogP contribution in [-0.2, 0) is 7.05 Å². The fourth-order valence-electron chi connectivity index (χ4n) is 1.92. The first-order valence-corrected chi connectivity index (χ1v) is 5.96. The number of aryl methyl sites for hydroxylation is 1. The van der Waals surface area contributed by atoms with Crippen LogP contribution in [0.1, 0.15) is 22.5 Å². The molecule has 2 heterocycles. The molecule has 0 N–H and O–H groups in total. The molecule has 110 valence electrons. The van der Waals surface area contributed by atoms with Crippen LogP contribution in [0.2, 0.25) is 0 Å². The standard InChI is InChI=1S/C14H12F2N2O3/c1-18-6-10(8(7-19)3-13(18)20)9-4-11(14(15)16)17-5-12(9)21-2/h3-7,14H,1-2H3. The average Bonchev–Trinajstić information content (AvgIpc) is 2.48. The second kappa shape index (κ2) is 5.82. The summed E-state index contributed by atoms with van der Waals surface area (Å²) in [6.45, 7) is 0. The summed E-state index contributed by atoms with van der Waals surface area (Å²) >= 11 is 0. The van der Waals surface area contributed by atoms with Crippen molar-refractivity contribution in [1.82, 2.24) is 9.55 Å². The summed E-state index contributed by atoms with van der Waals surface area (Å²) < 4.78 is 31.9. The zero-order valence-electron chi connectivity index (χ0n) is 11.3. The van der Waals surface area contributed by atoms with Gasteiger partial charge in [0.1, 0.15) is 11.4 Å². The van der Waals surface area contributed by atoms with Crippen molar-refractivity contribution < 1.29 is 18.3 Å². The van der Waals surface area contributed by atoms with E-state index in [4.69, 9.17) is 4.74 Å². The summed E-state index contributed by atoms with van der Waals surface area (Å²) in [6.07, 6.45) is 0.316. The van der Waals surface area contributed by atoms with Crippen molar-refractivity contribution in [3.05, 3.63) is 46.1 Å². The van der Waals surface area contributed by atoms with Gasteiger partial charge in [-0.2, -0.15) is 0 Å². The molecule has 0 aliphatic carbocycles. The van der Waals surface area contributed by atoms with E-state index in [0.717, 1.165) is 18.3 Å². The number of carbonyl (C=O) groups is 1. The lowest BCUT2D eigenvalue weighted by molar-refractivity contribution is 0.112. The van der Waals surface area contributed by atoms with Gasteiger partial charge < -0.3 is 9.30 Å². The highest BCUT2D eigenvalue weighted by Crippen LogP contribution is 2.33. The molecule has 0 amide bonds. The molecular formula is C14H12F2N2O3. The smallest absolute Gasteiger partial charge is 0.280 e. The second-order valence-electron chi connectivity index (χ2n) is 4.32. The second-order valence-corrected chi connectivity index (χ2v) is 4.32. The number of aromatic nitrogens is 2. The topological polar surface area (TPSA) is 61.2 Å². The third kappa shape index (κ3) is 2.81. The maximum Gasteiger partial charge on any atom is 0.280 e. The Morgan fingerprint density at radius 3 is 2.62 bits per heavy atom. The summed E-state index contributed by atoms with van der Waals surface area (Å²) in [7, 11) is 2.87. The number of carbonyl (C=O) groups excluding carboxylic acids is 1. The zero-order valence-corrected chi connectivity index (χ0v) is 11.3. The third-order valence-electron chi connectivity index (χ3n) is 3.01. The normalized spacial score (nSPS) is 10.7. The molecule has 0 spiro atoms. The number of ether oxygens (including phenoxy) is 1. The fraction of sp³-hybridized carbons (Fsp3) is 0.214. The van der Waals surface area contributed by atoms with Gasteiger partial charge in [0.05, 0.1) is 13.3 Å². The van der Waals surface area contributed by atoms with Gasteiger partial charge in [-0.05, 0) is 6.07 Å². The highest BCUT2D eigenvalue weighted by molar-refractivity contribution is 5.88. The van der Waals surface area contributed by atoms with Gasteiger partial charge in [-0.3, -0.25) is 14.6 Å². The molecule has 0 fully saturated rings. The van der Waals surface area contributed by atoms with E-state index in [0.29, 0.717) is 11.8 Å². The Balaban J connectivity index is 2.76. The monoisotopic (exact) mass is 294 g/mol. The quantitative estimate of drug-likeness (QED) is 0.811. The summed E-state index contributed by atoms with van der Waals surface area (Å²) in [5, 5.41) is 0. The molecule has 0 aliphatic rings. The lowest BCUT2D eigenvalue weighted by atomic mass is 10.0. The Labute approximate surface area is 118 Å². The van der Waals surface area contributed by atoms with Crippen molar-refractivity contribution >= 4 is 6.29 Å². The summed E-state index contributed by atoms with van der Waals surface area (Å²) in [6, 6.07) is 2.29. The number of aldehydes is 1. The van der Waals surface area contributed by atoms with Crippen LogP contribution in [0.25, 0.3) is 11.1 Å². The van der Waals surface area contributed by atoms with Crippen molar-refractivity contribution in [2.24, 2.45) is 7.05 Å². The van der Waals surface area contributed by atoms with Crippen molar-refractivity contribution in [1.29, 1.82) is 0 Å². The molecular weight excluding hydrogens is 282 g/mol. The van der Waals surface area contributed by atoms with Gasteiger partial charge in [-0.1, -0.05) is 0 Å². The predicted octanol–water partition coefficient (Wildman–Crippen LogP) is 2.21. The lowest BCUT2D eigenvalue weighted by Gasteiger charge is -2.12. The molecule has 0 aromatic carbocycles. The first-order valence-electron chi connectivity index (χ1n) is 5.96. The van der Waals surface area contributed by atoms with Crippen LogP contribution in [0.15, 0.2) is 29.3 Å². The number of hydrogen-bond acceptors (Lipinski definition) is 4. The van der Waals surface area contributed by atoms with Crippen LogP contribution in [0.5, 0.6) is 5.75 Å². The Morgan fingerprint density at radius 2 is 2.05 bits per heavy atom. The minimum atomic E-state index is -2.75. The van der Waals surface area contributed by atoms with Crippen molar-refractivity contribution in [3.8, 4) is 16.9 Å². The number of hydrogen-bond donors (Lipinski definition) is 0. The predicted molar refractivity (Wildman–Crippen MR) is 71.8 cm³/mol. The molecule has 0 radical (unpaired) electrons. The highest BCUT2D eigenvalue weighted by Gasteiger charge is 2.17. The summed E-state index contributed by atoms with van der Waals surface area (Å²) in [4.78, 5) is 26.3. The van der Waals surface area contributed by atoms with Gasteiger partial charge >= 0.3 is 0 Å².